The van der Waals surface area contributed by atoms with Crippen molar-refractivity contribution in [1.82, 2.24) is 9.55 Å². The lowest BCUT2D eigenvalue weighted by Crippen LogP contribution is -2.17. The molecule has 140 valence electrons. The van der Waals surface area contributed by atoms with Crippen molar-refractivity contribution in [2.45, 2.75) is 19.4 Å². The van der Waals surface area contributed by atoms with Crippen LogP contribution in [0.3, 0.4) is 0 Å². The predicted octanol–water partition coefficient (Wildman–Crippen LogP) is 2.72. The molecule has 27 heavy (non-hydrogen) atoms. The first-order valence-corrected chi connectivity index (χ1v) is 9.45. The van der Waals surface area contributed by atoms with E-state index in [9.17, 15) is 9.59 Å². The molecule has 4 rings (SSSR count). The van der Waals surface area contributed by atoms with Crippen LogP contribution >= 0.6 is 11.3 Å². The second-order valence-corrected chi connectivity index (χ2v) is 7.50. The van der Waals surface area contributed by atoms with Gasteiger partial charge in [-0.25, -0.2) is 4.98 Å². The minimum Gasteiger partial charge on any atom is -0.472 e. The van der Waals surface area contributed by atoms with Crippen LogP contribution < -0.4 is 14.9 Å². The largest absolute Gasteiger partial charge is 0.472 e. The summed E-state index contributed by atoms with van der Waals surface area (Å²) in [6.45, 7) is 3.12. The van der Waals surface area contributed by atoms with Crippen molar-refractivity contribution in [2.24, 2.45) is 7.05 Å². The number of hydrogen-bond acceptors (Lipinski definition) is 6. The number of nitrogens with zero attached hydrogens (tertiary/aromatic N) is 2. The third kappa shape index (κ3) is 3.58. The summed E-state index contributed by atoms with van der Waals surface area (Å²) in [5, 5.41) is 2.92. The van der Waals surface area contributed by atoms with Crippen LogP contribution in [0.2, 0.25) is 0 Å². The van der Waals surface area contributed by atoms with E-state index in [-0.39, 0.29) is 16.9 Å². The van der Waals surface area contributed by atoms with Gasteiger partial charge >= 0.3 is 4.87 Å². The Morgan fingerprint density at radius 2 is 2.26 bits per heavy atom. The third-order valence-corrected chi connectivity index (χ3v) is 5.55. The molecular weight excluding hydrogens is 366 g/mol. The van der Waals surface area contributed by atoms with Crippen LogP contribution in [0.4, 0.5) is 5.69 Å². The van der Waals surface area contributed by atoms with E-state index in [0.29, 0.717) is 30.3 Å². The average Bonchev–Trinajstić information content (AvgIpc) is 3.25. The summed E-state index contributed by atoms with van der Waals surface area (Å²) in [7, 11) is 1.74. The molecule has 1 aromatic carbocycles. The van der Waals surface area contributed by atoms with Crippen molar-refractivity contribution >= 4 is 33.1 Å². The van der Waals surface area contributed by atoms with Crippen LogP contribution in [0.1, 0.15) is 22.3 Å². The molecule has 7 nitrogen and oxygen atoms in total. The van der Waals surface area contributed by atoms with E-state index in [1.54, 1.807) is 29.9 Å². The molecule has 1 saturated heterocycles. The van der Waals surface area contributed by atoms with Gasteiger partial charge in [0.1, 0.15) is 6.10 Å². The summed E-state index contributed by atoms with van der Waals surface area (Å²) in [6, 6.07) is 7.01. The molecular formula is C19H19N3O4S. The van der Waals surface area contributed by atoms with Crippen LogP contribution in [0.25, 0.3) is 10.2 Å². The number of pyridine rings is 1. The predicted molar refractivity (Wildman–Crippen MR) is 104 cm³/mol. The topological polar surface area (TPSA) is 82.5 Å². The number of amides is 1. The Morgan fingerprint density at radius 1 is 1.41 bits per heavy atom. The Balaban J connectivity index is 1.56. The van der Waals surface area contributed by atoms with E-state index >= 15 is 0 Å². The zero-order chi connectivity index (χ0) is 19.0. The number of carbonyl (C=O) groups is 1. The standard InChI is InChI=1S/C19H19N3O4S/c1-11-7-15-16(27-19(24)22(15)2)9-14(11)21-18(23)12-3-5-20-17(8-12)26-13-4-6-25-10-13/h3,5,7-9,13H,4,6,10H2,1-2H3,(H,21,23). The van der Waals surface area contributed by atoms with E-state index in [1.807, 2.05) is 19.1 Å². The Kier molecular flexibility index (Phi) is 4.67. The minimum absolute atomic E-state index is 0.0266. The van der Waals surface area contributed by atoms with Crippen molar-refractivity contribution < 1.29 is 14.3 Å². The van der Waals surface area contributed by atoms with Gasteiger partial charge in [-0.15, -0.1) is 0 Å². The molecule has 1 unspecified atom stereocenters. The Labute approximate surface area is 159 Å². The first-order valence-electron chi connectivity index (χ1n) is 8.63. The quantitative estimate of drug-likeness (QED) is 0.747. The zero-order valence-corrected chi connectivity index (χ0v) is 15.8. The Hall–Kier alpha value is -2.71. The molecule has 0 spiro atoms. The molecule has 1 N–H and O–H groups in total. The van der Waals surface area contributed by atoms with Gasteiger partial charge in [0.2, 0.25) is 5.88 Å². The highest BCUT2D eigenvalue weighted by molar-refractivity contribution is 7.16. The van der Waals surface area contributed by atoms with Gasteiger partial charge in [-0.2, -0.15) is 0 Å². The van der Waals surface area contributed by atoms with Crippen molar-refractivity contribution in [2.75, 3.05) is 18.5 Å². The van der Waals surface area contributed by atoms with Crippen molar-refractivity contribution in [3.8, 4) is 5.88 Å². The number of carbonyl (C=O) groups excluding carboxylic acids is 1. The number of thiazole rings is 1. The molecule has 0 radical (unpaired) electrons. The molecule has 0 aliphatic carbocycles. The molecule has 0 saturated carbocycles. The molecule has 3 aromatic rings. The van der Waals surface area contributed by atoms with Gasteiger partial charge in [0.25, 0.3) is 5.91 Å². The Bertz CT molecular complexity index is 1070. The van der Waals surface area contributed by atoms with Gasteiger partial charge in [-0.1, -0.05) is 11.3 Å². The van der Waals surface area contributed by atoms with E-state index in [1.165, 1.54) is 0 Å². The highest BCUT2D eigenvalue weighted by Gasteiger charge is 2.18. The monoisotopic (exact) mass is 385 g/mol. The fraction of sp³-hybridized carbons (Fsp3) is 0.316. The molecule has 0 bridgehead atoms. The van der Waals surface area contributed by atoms with Crippen molar-refractivity contribution in [3.05, 3.63) is 51.3 Å². The highest BCUT2D eigenvalue weighted by atomic mass is 32.1. The van der Waals surface area contributed by atoms with Gasteiger partial charge in [0.15, 0.2) is 0 Å². The van der Waals surface area contributed by atoms with E-state index in [2.05, 4.69) is 10.3 Å². The van der Waals surface area contributed by atoms with E-state index in [0.717, 1.165) is 33.5 Å². The molecule has 1 atom stereocenters. The normalized spacial score (nSPS) is 16.6. The second kappa shape index (κ2) is 7.13. The number of nitrogens with one attached hydrogen (secondary N) is 1. The average molecular weight is 385 g/mol. The van der Waals surface area contributed by atoms with Crippen LogP contribution in [0.5, 0.6) is 5.88 Å². The second-order valence-electron chi connectivity index (χ2n) is 6.50. The van der Waals surface area contributed by atoms with Gasteiger partial charge in [-0.3, -0.25) is 9.59 Å². The highest BCUT2D eigenvalue weighted by Crippen LogP contribution is 2.26. The van der Waals surface area contributed by atoms with Crippen LogP contribution in [-0.4, -0.2) is 34.8 Å². The number of fused-ring (bicyclic) bond motifs is 1. The number of anilines is 1. The summed E-state index contributed by atoms with van der Waals surface area (Å²) < 4.78 is 13.5. The zero-order valence-electron chi connectivity index (χ0n) is 15.0. The maximum absolute atomic E-state index is 12.7. The van der Waals surface area contributed by atoms with Crippen molar-refractivity contribution in [1.29, 1.82) is 0 Å². The summed E-state index contributed by atoms with van der Waals surface area (Å²) in [6.07, 6.45) is 2.34. The number of ether oxygens (including phenoxy) is 2. The number of benzene rings is 1. The first-order chi connectivity index (χ1) is 13.0. The summed E-state index contributed by atoms with van der Waals surface area (Å²) in [5.41, 5.74) is 2.88. The molecule has 1 amide bonds. The lowest BCUT2D eigenvalue weighted by atomic mass is 10.1. The lowest BCUT2D eigenvalue weighted by molar-refractivity contribution is 0.102. The van der Waals surface area contributed by atoms with E-state index in [4.69, 9.17) is 9.47 Å². The number of rotatable bonds is 4. The summed E-state index contributed by atoms with van der Waals surface area (Å²) in [4.78, 5) is 28.7. The summed E-state index contributed by atoms with van der Waals surface area (Å²) in [5.74, 6) is 0.155. The molecule has 2 aromatic heterocycles. The van der Waals surface area contributed by atoms with Gasteiger partial charge < -0.3 is 19.4 Å². The first kappa shape index (κ1) is 17.7. The number of aromatic nitrogens is 2. The van der Waals surface area contributed by atoms with Crippen LogP contribution in [-0.2, 0) is 11.8 Å². The third-order valence-electron chi connectivity index (χ3n) is 4.56. The molecule has 1 aliphatic rings. The van der Waals surface area contributed by atoms with Crippen LogP contribution in [0, 0.1) is 6.92 Å². The van der Waals surface area contributed by atoms with Gasteiger partial charge in [0, 0.05) is 37.0 Å². The maximum Gasteiger partial charge on any atom is 0.307 e. The number of aryl methyl sites for hydroxylation is 2. The van der Waals surface area contributed by atoms with Crippen LogP contribution in [0.15, 0.2) is 35.3 Å². The summed E-state index contributed by atoms with van der Waals surface area (Å²) >= 11 is 1.16. The lowest BCUT2D eigenvalue weighted by Gasteiger charge is -2.12. The van der Waals surface area contributed by atoms with Gasteiger partial charge in [0.05, 0.1) is 23.4 Å². The van der Waals surface area contributed by atoms with Crippen molar-refractivity contribution in [3.63, 3.8) is 0 Å². The smallest absolute Gasteiger partial charge is 0.307 e. The molecule has 8 heteroatoms. The molecule has 1 fully saturated rings. The maximum atomic E-state index is 12.7. The number of hydrogen-bond donors (Lipinski definition) is 1. The fourth-order valence-electron chi connectivity index (χ4n) is 3.00. The molecule has 3 heterocycles. The fourth-order valence-corrected chi connectivity index (χ4v) is 3.90. The minimum atomic E-state index is -0.254. The Morgan fingerprint density at radius 3 is 3.04 bits per heavy atom. The van der Waals surface area contributed by atoms with E-state index < -0.39 is 0 Å². The molecule has 1 aliphatic heterocycles. The SMILES string of the molecule is Cc1cc2c(cc1NC(=O)c1ccnc(OC3CCOC3)c1)sc(=O)n2C. The van der Waals surface area contributed by atoms with Gasteiger partial charge in [-0.05, 0) is 30.7 Å².